The molecule has 0 aromatic carbocycles. The lowest BCUT2D eigenvalue weighted by Gasteiger charge is -2.32. The Morgan fingerprint density at radius 3 is 2.12 bits per heavy atom. The van der Waals surface area contributed by atoms with Gasteiger partial charge in [-0.15, -0.1) is 0 Å². The van der Waals surface area contributed by atoms with Crippen LogP contribution in [0.3, 0.4) is 0 Å². The third kappa shape index (κ3) is 5.02. The molecule has 1 aliphatic rings. The van der Waals surface area contributed by atoms with Crippen LogP contribution in [0.1, 0.15) is 61.3 Å². The molecule has 0 aliphatic carbocycles. The maximum absolute atomic E-state index is 13.9. The van der Waals surface area contributed by atoms with Gasteiger partial charge in [-0.05, 0) is 54.9 Å². The van der Waals surface area contributed by atoms with Gasteiger partial charge < -0.3 is 14.0 Å². The summed E-state index contributed by atoms with van der Waals surface area (Å²) in [6, 6.07) is 0. The van der Waals surface area contributed by atoms with Crippen LogP contribution in [0, 0.1) is 0 Å². The first-order valence-corrected chi connectivity index (χ1v) is 8.38. The molecule has 0 N–H and O–H groups in total. The van der Waals surface area contributed by atoms with Gasteiger partial charge in [-0.2, -0.15) is 8.78 Å². The van der Waals surface area contributed by atoms with Gasteiger partial charge in [0.1, 0.15) is 0 Å². The van der Waals surface area contributed by atoms with Gasteiger partial charge in [0.15, 0.2) is 0 Å². The van der Waals surface area contributed by atoms with E-state index >= 15 is 0 Å². The zero-order valence-corrected chi connectivity index (χ0v) is 15.7. The first-order chi connectivity index (χ1) is 10.8. The molecule has 0 spiro atoms. The highest BCUT2D eigenvalue weighted by atomic mass is 19.3. The van der Waals surface area contributed by atoms with E-state index in [1.165, 1.54) is 6.92 Å². The molecule has 7 heteroatoms. The third-order valence-electron chi connectivity index (χ3n) is 4.53. The molecule has 0 saturated carbocycles. The van der Waals surface area contributed by atoms with Crippen molar-refractivity contribution >= 4 is 13.1 Å². The summed E-state index contributed by atoms with van der Waals surface area (Å²) >= 11 is 0. The monoisotopic (exact) mass is 346 g/mol. The molecule has 0 unspecified atom stereocenters. The first-order valence-electron chi connectivity index (χ1n) is 8.38. The van der Waals surface area contributed by atoms with Crippen LogP contribution in [-0.4, -0.2) is 36.8 Å². The van der Waals surface area contributed by atoms with E-state index in [-0.39, 0.29) is 18.8 Å². The fraction of sp³-hybridized carbons (Fsp3) is 0.824. The number of hydrogen-bond acceptors (Lipinski definition) is 4. The van der Waals surface area contributed by atoms with E-state index < -0.39 is 36.6 Å². The van der Waals surface area contributed by atoms with E-state index in [0.29, 0.717) is 0 Å². The minimum Gasteiger partial charge on any atom is -0.462 e. The predicted molar refractivity (Wildman–Crippen MR) is 90.1 cm³/mol. The summed E-state index contributed by atoms with van der Waals surface area (Å²) < 4.78 is 44.2. The van der Waals surface area contributed by atoms with Gasteiger partial charge >= 0.3 is 19.0 Å². The zero-order chi connectivity index (χ0) is 18.8. The Kier molecular flexibility index (Phi) is 6.61. The van der Waals surface area contributed by atoms with Crippen molar-refractivity contribution in [1.82, 2.24) is 0 Å². The SMILES string of the molecule is CCOC(=O)C(F)(F)CC[C@H](C=C(C)C)B1OC(C)(C)C(C)(C)O1. The second-order valence-corrected chi connectivity index (χ2v) is 7.50. The summed E-state index contributed by atoms with van der Waals surface area (Å²) in [6.07, 6.45) is 1.32. The average Bonchev–Trinajstić information content (AvgIpc) is 2.63. The van der Waals surface area contributed by atoms with E-state index in [9.17, 15) is 13.6 Å². The van der Waals surface area contributed by atoms with Crippen LogP contribution in [0.25, 0.3) is 0 Å². The Morgan fingerprint density at radius 2 is 1.71 bits per heavy atom. The van der Waals surface area contributed by atoms with E-state index in [2.05, 4.69) is 4.74 Å². The lowest BCUT2D eigenvalue weighted by molar-refractivity contribution is -0.172. The molecular weight excluding hydrogens is 317 g/mol. The lowest BCUT2D eigenvalue weighted by Crippen LogP contribution is -2.41. The van der Waals surface area contributed by atoms with Gasteiger partial charge in [-0.3, -0.25) is 0 Å². The summed E-state index contributed by atoms with van der Waals surface area (Å²) in [5.41, 5.74) is -0.0846. The molecule has 1 rings (SSSR count). The summed E-state index contributed by atoms with van der Waals surface area (Å²) in [6.45, 7) is 12.9. The maximum atomic E-state index is 13.9. The Labute approximate surface area is 144 Å². The van der Waals surface area contributed by atoms with Crippen LogP contribution in [0.15, 0.2) is 11.6 Å². The molecule has 1 fully saturated rings. The minimum atomic E-state index is -3.51. The van der Waals surface area contributed by atoms with Crippen molar-refractivity contribution in [1.29, 1.82) is 0 Å². The highest BCUT2D eigenvalue weighted by molar-refractivity contribution is 6.48. The molecule has 4 nitrogen and oxygen atoms in total. The molecule has 0 aromatic rings. The molecule has 1 aliphatic heterocycles. The highest BCUT2D eigenvalue weighted by Gasteiger charge is 2.53. The fourth-order valence-corrected chi connectivity index (χ4v) is 2.48. The van der Waals surface area contributed by atoms with Crippen LogP contribution in [0.2, 0.25) is 5.82 Å². The number of ether oxygens (including phenoxy) is 1. The number of halogens is 2. The van der Waals surface area contributed by atoms with Crippen molar-refractivity contribution in [3.05, 3.63) is 11.6 Å². The Bertz CT molecular complexity index is 469. The number of alkyl halides is 2. The molecular formula is C17H29BF2O4. The van der Waals surface area contributed by atoms with Crippen LogP contribution in [-0.2, 0) is 18.8 Å². The number of carbonyl (C=O) groups excluding carboxylic acids is 1. The lowest BCUT2D eigenvalue weighted by atomic mass is 9.68. The molecule has 0 bridgehead atoms. The van der Waals surface area contributed by atoms with Crippen LogP contribution in [0.5, 0.6) is 0 Å². The number of carbonyl (C=O) groups is 1. The Morgan fingerprint density at radius 1 is 1.21 bits per heavy atom. The van der Waals surface area contributed by atoms with Crippen LogP contribution < -0.4 is 0 Å². The maximum Gasteiger partial charge on any atom is 0.465 e. The second-order valence-electron chi connectivity index (χ2n) is 7.50. The summed E-state index contributed by atoms with van der Waals surface area (Å²) in [7, 11) is -0.622. The molecule has 0 amide bonds. The standard InChI is InChI=1S/C17H29BF2O4/c1-8-22-14(21)17(19,20)10-9-13(11-12(2)3)18-23-15(4,5)16(6,7)24-18/h11,13H,8-10H2,1-7H3/t13-/m1/s1. The van der Waals surface area contributed by atoms with Crippen molar-refractivity contribution in [2.75, 3.05) is 6.61 Å². The second kappa shape index (κ2) is 7.52. The van der Waals surface area contributed by atoms with Crippen LogP contribution >= 0.6 is 0 Å². The quantitative estimate of drug-likeness (QED) is 0.390. The molecule has 24 heavy (non-hydrogen) atoms. The molecule has 1 saturated heterocycles. The van der Waals surface area contributed by atoms with Crippen molar-refractivity contribution in [3.8, 4) is 0 Å². The average molecular weight is 346 g/mol. The molecule has 1 heterocycles. The van der Waals surface area contributed by atoms with Gasteiger partial charge in [-0.1, -0.05) is 11.6 Å². The van der Waals surface area contributed by atoms with E-state index in [1.807, 2.05) is 47.6 Å². The third-order valence-corrected chi connectivity index (χ3v) is 4.53. The van der Waals surface area contributed by atoms with E-state index in [4.69, 9.17) is 9.31 Å². The Balaban J connectivity index is 2.86. The first kappa shape index (κ1) is 21.1. The Hall–Kier alpha value is -0.945. The van der Waals surface area contributed by atoms with Crippen molar-refractivity contribution in [3.63, 3.8) is 0 Å². The van der Waals surface area contributed by atoms with Gasteiger partial charge in [0, 0.05) is 12.2 Å². The minimum absolute atomic E-state index is 0.0633. The predicted octanol–water partition coefficient (Wildman–Crippen LogP) is 4.39. The van der Waals surface area contributed by atoms with Gasteiger partial charge in [-0.25, -0.2) is 4.79 Å². The zero-order valence-electron chi connectivity index (χ0n) is 15.7. The summed E-state index contributed by atoms with van der Waals surface area (Å²) in [5.74, 6) is -5.35. The largest absolute Gasteiger partial charge is 0.465 e. The van der Waals surface area contributed by atoms with Crippen molar-refractivity contribution in [2.24, 2.45) is 0 Å². The molecule has 138 valence electrons. The summed E-state index contributed by atoms with van der Waals surface area (Å²) in [5, 5.41) is 0. The summed E-state index contributed by atoms with van der Waals surface area (Å²) in [4.78, 5) is 11.4. The topological polar surface area (TPSA) is 44.8 Å². The van der Waals surface area contributed by atoms with E-state index in [0.717, 1.165) is 5.57 Å². The van der Waals surface area contributed by atoms with E-state index in [1.54, 1.807) is 0 Å². The van der Waals surface area contributed by atoms with Crippen LogP contribution in [0.4, 0.5) is 8.78 Å². The van der Waals surface area contributed by atoms with Crippen molar-refractivity contribution < 1.29 is 27.6 Å². The number of allylic oxidation sites excluding steroid dienone is 2. The molecule has 1 atom stereocenters. The number of esters is 1. The normalized spacial score (nSPS) is 20.6. The molecule has 0 radical (unpaired) electrons. The highest BCUT2D eigenvalue weighted by Crippen LogP contribution is 2.42. The number of hydrogen-bond donors (Lipinski definition) is 0. The smallest absolute Gasteiger partial charge is 0.462 e. The fourth-order valence-electron chi connectivity index (χ4n) is 2.48. The van der Waals surface area contributed by atoms with Crippen molar-refractivity contribution in [2.45, 2.75) is 84.2 Å². The number of rotatable bonds is 7. The van der Waals surface area contributed by atoms with Gasteiger partial charge in [0.05, 0.1) is 17.8 Å². The molecule has 0 aromatic heterocycles. The van der Waals surface area contributed by atoms with Gasteiger partial charge in [0.25, 0.3) is 0 Å². The van der Waals surface area contributed by atoms with Gasteiger partial charge in [0.2, 0.25) is 0 Å².